The highest BCUT2D eigenvalue weighted by Crippen LogP contribution is 2.31. The first-order valence-corrected chi connectivity index (χ1v) is 9.70. The number of nitrogens with one attached hydrogen (secondary N) is 1. The van der Waals surface area contributed by atoms with Crippen LogP contribution in [0.2, 0.25) is 0 Å². The predicted octanol–water partition coefficient (Wildman–Crippen LogP) is 4.35. The fourth-order valence-electron chi connectivity index (χ4n) is 2.92. The van der Waals surface area contributed by atoms with Gasteiger partial charge in [0, 0.05) is 29.8 Å². The second-order valence-electron chi connectivity index (χ2n) is 7.08. The summed E-state index contributed by atoms with van der Waals surface area (Å²) in [5.41, 5.74) is 0.163. The quantitative estimate of drug-likeness (QED) is 0.814. The molecule has 2 amide bonds. The van der Waals surface area contributed by atoms with Crippen LogP contribution in [0, 0.1) is 5.92 Å². The van der Waals surface area contributed by atoms with E-state index in [-0.39, 0.29) is 17.4 Å². The molecule has 3 rings (SSSR count). The van der Waals surface area contributed by atoms with Crippen LogP contribution in [0.15, 0.2) is 24.3 Å². The number of hydrogen-bond donors (Lipinski definition) is 1. The Bertz CT molecular complexity index is 876. The average Bonchev–Trinajstić information content (AvgIpc) is 3.01. The van der Waals surface area contributed by atoms with Crippen molar-refractivity contribution in [1.82, 2.24) is 9.88 Å². The fraction of sp³-hybridized carbons (Fsp3) is 0.421. The van der Waals surface area contributed by atoms with Gasteiger partial charge in [0.05, 0.1) is 17.8 Å². The molecule has 0 unspecified atom stereocenters. The minimum Gasteiger partial charge on any atom is -0.337 e. The molecule has 0 saturated heterocycles. The predicted molar refractivity (Wildman–Crippen MR) is 100 cm³/mol. The molecule has 1 aromatic carbocycles. The minimum absolute atomic E-state index is 0.101. The number of thiazole rings is 1. The second kappa shape index (κ2) is 7.90. The van der Waals surface area contributed by atoms with Crippen LogP contribution in [0.5, 0.6) is 0 Å². The van der Waals surface area contributed by atoms with Crippen LogP contribution >= 0.6 is 11.3 Å². The molecule has 5 nitrogen and oxygen atoms in total. The van der Waals surface area contributed by atoms with Gasteiger partial charge in [0.2, 0.25) is 5.91 Å². The summed E-state index contributed by atoms with van der Waals surface area (Å²) in [6.07, 6.45) is -3.33. The van der Waals surface area contributed by atoms with Crippen molar-refractivity contribution in [3.63, 3.8) is 0 Å². The van der Waals surface area contributed by atoms with Gasteiger partial charge in [-0.15, -0.1) is 0 Å². The lowest BCUT2D eigenvalue weighted by Crippen LogP contribution is -2.36. The lowest BCUT2D eigenvalue weighted by molar-refractivity contribution is -0.137. The Morgan fingerprint density at radius 3 is 2.54 bits per heavy atom. The van der Waals surface area contributed by atoms with Crippen LogP contribution in [0.3, 0.4) is 0 Å². The van der Waals surface area contributed by atoms with Gasteiger partial charge in [0.1, 0.15) is 0 Å². The average molecular weight is 411 g/mol. The number of aromatic nitrogens is 1. The third-order valence-electron chi connectivity index (χ3n) is 4.36. The molecule has 0 bridgehead atoms. The Labute approximate surface area is 164 Å². The van der Waals surface area contributed by atoms with Crippen molar-refractivity contribution in [3.05, 3.63) is 46.0 Å². The number of fused-ring (bicyclic) bond motifs is 1. The van der Waals surface area contributed by atoms with Crippen molar-refractivity contribution in [1.29, 1.82) is 0 Å². The summed E-state index contributed by atoms with van der Waals surface area (Å²) in [6.45, 7) is 5.05. The molecular formula is C19H20F3N3O2S. The normalized spacial score (nSPS) is 14.1. The summed E-state index contributed by atoms with van der Waals surface area (Å²) < 4.78 is 37.9. The van der Waals surface area contributed by atoms with Crippen molar-refractivity contribution in [2.75, 3.05) is 11.9 Å². The van der Waals surface area contributed by atoms with Crippen molar-refractivity contribution < 1.29 is 22.8 Å². The second-order valence-corrected chi connectivity index (χ2v) is 8.17. The number of alkyl halides is 3. The molecule has 28 heavy (non-hydrogen) atoms. The molecule has 1 aliphatic rings. The van der Waals surface area contributed by atoms with Crippen LogP contribution in [0.4, 0.5) is 18.3 Å². The smallest absolute Gasteiger partial charge is 0.337 e. The summed E-state index contributed by atoms with van der Waals surface area (Å²) in [5.74, 6) is -0.133. The van der Waals surface area contributed by atoms with Gasteiger partial charge >= 0.3 is 6.18 Å². The summed E-state index contributed by atoms with van der Waals surface area (Å²) in [6, 6.07) is 4.02. The molecular weight excluding hydrogens is 391 g/mol. The Kier molecular flexibility index (Phi) is 5.74. The summed E-state index contributed by atoms with van der Waals surface area (Å²) in [7, 11) is 0. The van der Waals surface area contributed by atoms with Crippen LogP contribution in [-0.4, -0.2) is 28.2 Å². The van der Waals surface area contributed by atoms with Crippen LogP contribution in [0.25, 0.3) is 0 Å². The van der Waals surface area contributed by atoms with Crippen LogP contribution in [-0.2, 0) is 23.9 Å². The van der Waals surface area contributed by atoms with Gasteiger partial charge in [-0.3, -0.25) is 14.9 Å². The summed E-state index contributed by atoms with van der Waals surface area (Å²) in [4.78, 5) is 31.7. The van der Waals surface area contributed by atoms with E-state index in [9.17, 15) is 22.8 Å². The highest BCUT2D eigenvalue weighted by atomic mass is 32.1. The Morgan fingerprint density at radius 2 is 1.93 bits per heavy atom. The van der Waals surface area contributed by atoms with Gasteiger partial charge in [0.15, 0.2) is 5.13 Å². The SMILES string of the molecule is CC(C)CC(=O)N1CCc2nc(NC(=O)c3ccc(C(F)(F)F)cc3)sc2C1. The monoisotopic (exact) mass is 411 g/mol. The molecule has 1 aromatic heterocycles. The van der Waals surface area contributed by atoms with Gasteiger partial charge in [-0.05, 0) is 30.2 Å². The molecule has 150 valence electrons. The first-order valence-electron chi connectivity index (χ1n) is 8.88. The highest BCUT2D eigenvalue weighted by Gasteiger charge is 2.30. The number of hydrogen-bond acceptors (Lipinski definition) is 4. The van der Waals surface area contributed by atoms with E-state index in [0.717, 1.165) is 34.8 Å². The van der Waals surface area contributed by atoms with Gasteiger partial charge in [-0.2, -0.15) is 13.2 Å². The number of nitrogens with zero attached hydrogens (tertiary/aromatic N) is 2. The Hall–Kier alpha value is -2.42. The number of halogens is 3. The number of benzene rings is 1. The van der Waals surface area contributed by atoms with Crippen LogP contribution in [0.1, 0.15) is 46.8 Å². The topological polar surface area (TPSA) is 62.3 Å². The maximum Gasteiger partial charge on any atom is 0.416 e. The minimum atomic E-state index is -4.44. The third kappa shape index (κ3) is 4.70. The zero-order chi connectivity index (χ0) is 20.5. The molecule has 1 aliphatic heterocycles. The Balaban J connectivity index is 1.66. The largest absolute Gasteiger partial charge is 0.416 e. The van der Waals surface area contributed by atoms with E-state index in [2.05, 4.69) is 10.3 Å². The van der Waals surface area contributed by atoms with E-state index < -0.39 is 17.6 Å². The van der Waals surface area contributed by atoms with Crippen molar-refractivity contribution in [2.24, 2.45) is 5.92 Å². The van der Waals surface area contributed by atoms with E-state index in [4.69, 9.17) is 0 Å². The van der Waals surface area contributed by atoms with E-state index in [1.807, 2.05) is 13.8 Å². The number of amides is 2. The molecule has 0 radical (unpaired) electrons. The van der Waals surface area contributed by atoms with E-state index in [0.29, 0.717) is 31.1 Å². The fourth-order valence-corrected chi connectivity index (χ4v) is 3.94. The lowest BCUT2D eigenvalue weighted by Gasteiger charge is -2.26. The summed E-state index contributed by atoms with van der Waals surface area (Å²) in [5, 5.41) is 3.02. The van der Waals surface area contributed by atoms with Gasteiger partial charge < -0.3 is 4.90 Å². The molecule has 0 fully saturated rings. The zero-order valence-electron chi connectivity index (χ0n) is 15.5. The summed E-state index contributed by atoms with van der Waals surface area (Å²) >= 11 is 1.29. The first-order chi connectivity index (χ1) is 13.1. The van der Waals surface area contributed by atoms with Crippen molar-refractivity contribution >= 4 is 28.3 Å². The maximum atomic E-state index is 12.6. The number of rotatable bonds is 4. The van der Waals surface area contributed by atoms with E-state index >= 15 is 0 Å². The Morgan fingerprint density at radius 1 is 1.25 bits per heavy atom. The molecule has 2 aromatic rings. The van der Waals surface area contributed by atoms with Crippen molar-refractivity contribution in [3.8, 4) is 0 Å². The highest BCUT2D eigenvalue weighted by molar-refractivity contribution is 7.15. The maximum absolute atomic E-state index is 12.6. The van der Waals surface area contributed by atoms with Gasteiger partial charge in [-0.25, -0.2) is 4.98 Å². The molecule has 0 spiro atoms. The van der Waals surface area contributed by atoms with Gasteiger partial charge in [0.25, 0.3) is 5.91 Å². The zero-order valence-corrected chi connectivity index (χ0v) is 16.3. The standard InChI is InChI=1S/C19H20F3N3O2S/c1-11(2)9-16(26)25-8-7-14-15(10-25)28-18(23-14)24-17(27)12-3-5-13(6-4-12)19(20,21)22/h3-6,11H,7-10H2,1-2H3,(H,23,24,27). The van der Waals surface area contributed by atoms with Gasteiger partial charge in [-0.1, -0.05) is 25.2 Å². The number of carbonyl (C=O) groups excluding carboxylic acids is 2. The molecule has 0 saturated carbocycles. The third-order valence-corrected chi connectivity index (χ3v) is 5.36. The van der Waals surface area contributed by atoms with Crippen LogP contribution < -0.4 is 5.32 Å². The molecule has 0 aliphatic carbocycles. The number of anilines is 1. The molecule has 1 N–H and O–H groups in total. The first kappa shape index (κ1) is 20.3. The van der Waals surface area contributed by atoms with E-state index in [1.165, 1.54) is 11.3 Å². The van der Waals surface area contributed by atoms with Crippen molar-refractivity contribution in [2.45, 2.75) is 39.4 Å². The number of carbonyl (C=O) groups is 2. The molecule has 2 heterocycles. The van der Waals surface area contributed by atoms with E-state index in [1.54, 1.807) is 4.90 Å². The molecule has 9 heteroatoms. The lowest BCUT2D eigenvalue weighted by atomic mass is 10.1. The molecule has 0 atom stereocenters.